The summed E-state index contributed by atoms with van der Waals surface area (Å²) < 4.78 is 0. The van der Waals surface area contributed by atoms with Crippen molar-refractivity contribution in [3.63, 3.8) is 0 Å². The lowest BCUT2D eigenvalue weighted by molar-refractivity contribution is 0.0181. The van der Waals surface area contributed by atoms with E-state index in [1.807, 2.05) is 31.2 Å². The maximum atomic E-state index is 13.8. The molecule has 4 saturated heterocycles. The molecule has 0 aliphatic carbocycles. The zero-order valence-electron chi connectivity index (χ0n) is 18.2. The molecule has 32 heavy (non-hydrogen) atoms. The molecule has 3 aromatic rings. The maximum absolute atomic E-state index is 13.8. The van der Waals surface area contributed by atoms with Crippen molar-refractivity contribution < 1.29 is 4.79 Å². The van der Waals surface area contributed by atoms with Crippen molar-refractivity contribution >= 4 is 28.4 Å². The maximum Gasteiger partial charge on any atom is 0.252 e. The third-order valence-electron chi connectivity index (χ3n) is 7.59. The Balaban J connectivity index is 1.42. The zero-order valence-corrected chi connectivity index (χ0v) is 19.0. The van der Waals surface area contributed by atoms with Gasteiger partial charge >= 0.3 is 0 Å². The summed E-state index contributed by atoms with van der Waals surface area (Å²) in [4.78, 5) is 23.5. The van der Waals surface area contributed by atoms with Gasteiger partial charge in [-0.1, -0.05) is 54.1 Å². The van der Waals surface area contributed by atoms with Gasteiger partial charge in [-0.2, -0.15) is 0 Å². The van der Waals surface area contributed by atoms with Crippen LogP contribution in [0, 0.1) is 12.8 Å². The Morgan fingerprint density at radius 1 is 1.06 bits per heavy atom. The van der Waals surface area contributed by atoms with Crippen LogP contribution in [0.15, 0.2) is 54.6 Å². The Labute approximate surface area is 193 Å². The molecule has 0 spiro atoms. The van der Waals surface area contributed by atoms with E-state index >= 15 is 0 Å². The van der Waals surface area contributed by atoms with E-state index in [4.69, 9.17) is 11.6 Å². The number of fused-ring (bicyclic) bond motifs is 2. The summed E-state index contributed by atoms with van der Waals surface area (Å²) in [5.74, 6) is 0.376. The minimum Gasteiger partial charge on any atom is -0.348 e. The lowest BCUT2D eigenvalue weighted by atomic mass is 9.64. The van der Waals surface area contributed by atoms with Crippen molar-refractivity contribution in [3.8, 4) is 0 Å². The van der Waals surface area contributed by atoms with E-state index in [0.717, 1.165) is 50.3 Å². The number of nitrogens with zero attached hydrogens (tertiary/aromatic N) is 3. The number of pyridine rings is 1. The van der Waals surface area contributed by atoms with E-state index in [9.17, 15) is 4.79 Å². The number of hydrogen-bond donors (Lipinski definition) is 1. The fourth-order valence-electron chi connectivity index (χ4n) is 6.32. The predicted molar refractivity (Wildman–Crippen MR) is 127 cm³/mol. The Morgan fingerprint density at radius 2 is 1.78 bits per heavy atom. The van der Waals surface area contributed by atoms with Crippen LogP contribution in [0.25, 0.3) is 10.9 Å². The fourth-order valence-corrected chi connectivity index (χ4v) is 6.53. The molecule has 1 aromatic heterocycles. The summed E-state index contributed by atoms with van der Waals surface area (Å²) in [6, 6.07) is 18.4. The first kappa shape index (κ1) is 20.2. The molecule has 4 aliphatic heterocycles. The first-order valence-electron chi connectivity index (χ1n) is 11.4. The summed E-state index contributed by atoms with van der Waals surface area (Å²) >= 11 is 6.41. The fraction of sp³-hybridized carbons (Fsp3) is 0.385. The van der Waals surface area contributed by atoms with Gasteiger partial charge in [0, 0.05) is 67.7 Å². The van der Waals surface area contributed by atoms with Gasteiger partial charge in [0.15, 0.2) is 0 Å². The van der Waals surface area contributed by atoms with Crippen molar-refractivity contribution in [1.82, 2.24) is 20.1 Å². The molecule has 0 radical (unpaired) electrons. The summed E-state index contributed by atoms with van der Waals surface area (Å²) in [6.45, 7) is 8.18. The first-order valence-corrected chi connectivity index (χ1v) is 11.8. The van der Waals surface area contributed by atoms with Crippen LogP contribution in [0.2, 0.25) is 5.02 Å². The number of carbonyl (C=O) groups excluding carboxylic acids is 1. The quantitative estimate of drug-likeness (QED) is 0.669. The van der Waals surface area contributed by atoms with E-state index in [-0.39, 0.29) is 17.4 Å². The number of aromatic nitrogens is 1. The molecule has 4 bridgehead atoms. The molecule has 3 atom stereocenters. The third kappa shape index (κ3) is 3.14. The van der Waals surface area contributed by atoms with Crippen molar-refractivity contribution in [2.75, 3.05) is 39.3 Å². The number of amides is 1. The Bertz CT molecular complexity index is 1180. The number of nitrogens with one attached hydrogen (secondary N) is 1. The Kier molecular flexibility index (Phi) is 4.75. The minimum atomic E-state index is -0.107. The van der Waals surface area contributed by atoms with Gasteiger partial charge < -0.3 is 15.1 Å². The molecular weight excluding hydrogens is 420 g/mol. The summed E-state index contributed by atoms with van der Waals surface area (Å²) in [7, 11) is 0. The third-order valence-corrected chi connectivity index (χ3v) is 7.90. The average Bonchev–Trinajstić information content (AvgIpc) is 3.05. The second-order valence-corrected chi connectivity index (χ2v) is 10.1. The highest BCUT2D eigenvalue weighted by atomic mass is 35.5. The molecule has 5 heterocycles. The molecule has 2 aromatic carbocycles. The van der Waals surface area contributed by atoms with Crippen molar-refractivity contribution in [2.45, 2.75) is 18.4 Å². The highest BCUT2D eigenvalue weighted by Crippen LogP contribution is 2.43. The number of aryl methyl sites for hydroxylation is 1. The largest absolute Gasteiger partial charge is 0.348 e. The van der Waals surface area contributed by atoms with Crippen LogP contribution in [0.4, 0.5) is 0 Å². The van der Waals surface area contributed by atoms with E-state index in [0.29, 0.717) is 22.0 Å². The number of hydrogen-bond acceptors (Lipinski definition) is 4. The molecule has 6 heteroatoms. The minimum absolute atomic E-state index is 0.0285. The van der Waals surface area contributed by atoms with E-state index in [1.165, 1.54) is 5.56 Å². The number of para-hydroxylation sites is 1. The molecule has 1 N–H and O–H groups in total. The standard InChI is InChI=1S/C26H27ClN4O/c1-17-12-21(20-8-5-9-22(27)23(20)28-17)25(32)29-24-18-13-30-10-11-31(14-18)16-26(24,15-30)19-6-3-2-4-7-19/h2-9,12,18,24H,10-11,13-16H2,1H3,(H,29,32). The van der Waals surface area contributed by atoms with Gasteiger partial charge in [0.1, 0.15) is 0 Å². The lowest BCUT2D eigenvalue weighted by Crippen LogP contribution is -2.70. The second-order valence-electron chi connectivity index (χ2n) is 9.65. The number of rotatable bonds is 3. The van der Waals surface area contributed by atoms with Gasteiger partial charge in [-0.15, -0.1) is 0 Å². The molecule has 0 saturated carbocycles. The summed E-state index contributed by atoms with van der Waals surface area (Å²) in [6.07, 6.45) is 0. The average molecular weight is 447 g/mol. The molecule has 4 fully saturated rings. The van der Waals surface area contributed by atoms with Gasteiger partial charge in [0.25, 0.3) is 5.91 Å². The van der Waals surface area contributed by atoms with Gasteiger partial charge in [-0.05, 0) is 24.6 Å². The molecular formula is C26H27ClN4O. The van der Waals surface area contributed by atoms with Crippen LogP contribution in [-0.4, -0.2) is 66.0 Å². The van der Waals surface area contributed by atoms with Gasteiger partial charge in [-0.3, -0.25) is 9.78 Å². The van der Waals surface area contributed by atoms with Crippen molar-refractivity contribution in [1.29, 1.82) is 0 Å². The highest BCUT2D eigenvalue weighted by Gasteiger charge is 2.55. The van der Waals surface area contributed by atoms with Crippen LogP contribution < -0.4 is 5.32 Å². The van der Waals surface area contributed by atoms with E-state index < -0.39 is 0 Å². The number of halogens is 1. The Hall–Kier alpha value is -2.47. The monoisotopic (exact) mass is 446 g/mol. The zero-order chi connectivity index (χ0) is 21.9. The smallest absolute Gasteiger partial charge is 0.252 e. The number of piperidine rings is 2. The molecule has 3 unspecified atom stereocenters. The summed E-state index contributed by atoms with van der Waals surface area (Å²) in [5, 5.41) is 4.91. The SMILES string of the molecule is Cc1cc(C(=O)NC2C3CN4CCN(C3)CC2(c2ccccc2)C4)c2cccc(Cl)c2n1. The molecule has 7 rings (SSSR count). The predicted octanol–water partition coefficient (Wildman–Crippen LogP) is 3.49. The lowest BCUT2D eigenvalue weighted by Gasteiger charge is -2.55. The van der Waals surface area contributed by atoms with Crippen LogP contribution in [0.1, 0.15) is 21.6 Å². The van der Waals surface area contributed by atoms with Crippen LogP contribution in [0.5, 0.6) is 0 Å². The molecule has 1 amide bonds. The second kappa shape index (κ2) is 7.55. The number of carbonyl (C=O) groups is 1. The summed E-state index contributed by atoms with van der Waals surface area (Å²) in [5.41, 5.74) is 3.36. The van der Waals surface area contributed by atoms with Crippen LogP contribution in [0.3, 0.4) is 0 Å². The normalized spacial score (nSPS) is 30.9. The van der Waals surface area contributed by atoms with Crippen LogP contribution >= 0.6 is 11.6 Å². The first-order chi connectivity index (χ1) is 15.5. The Morgan fingerprint density at radius 3 is 2.50 bits per heavy atom. The number of benzene rings is 2. The molecule has 164 valence electrons. The van der Waals surface area contributed by atoms with Crippen LogP contribution in [-0.2, 0) is 5.41 Å². The van der Waals surface area contributed by atoms with Gasteiger partial charge in [0.2, 0.25) is 0 Å². The topological polar surface area (TPSA) is 48.5 Å². The van der Waals surface area contributed by atoms with Gasteiger partial charge in [0.05, 0.1) is 16.1 Å². The van der Waals surface area contributed by atoms with E-state index in [1.54, 1.807) is 0 Å². The van der Waals surface area contributed by atoms with Crippen molar-refractivity contribution in [2.24, 2.45) is 5.92 Å². The van der Waals surface area contributed by atoms with Gasteiger partial charge in [-0.25, -0.2) is 0 Å². The molecule has 4 aliphatic rings. The molecule has 5 nitrogen and oxygen atoms in total. The highest BCUT2D eigenvalue weighted by molar-refractivity contribution is 6.35. The van der Waals surface area contributed by atoms with Crippen molar-refractivity contribution in [3.05, 3.63) is 76.4 Å². The van der Waals surface area contributed by atoms with E-state index in [2.05, 4.69) is 50.4 Å².